The third-order valence-electron chi connectivity index (χ3n) is 2.51. The number of halogens is 1. The molecular formula is C12H12ClN3O2. The molecule has 0 amide bonds. The zero-order valence-corrected chi connectivity index (χ0v) is 10.2. The SMILES string of the molecule is NC(Cc1ncc(-c2ccc(Cl)cc2)[nH]1)C(=O)O. The Morgan fingerprint density at radius 2 is 2.11 bits per heavy atom. The summed E-state index contributed by atoms with van der Waals surface area (Å²) in [6.07, 6.45) is 1.82. The lowest BCUT2D eigenvalue weighted by atomic mass is 10.2. The van der Waals surface area contributed by atoms with Crippen molar-refractivity contribution >= 4 is 17.6 Å². The highest BCUT2D eigenvalue weighted by Crippen LogP contribution is 2.19. The van der Waals surface area contributed by atoms with Crippen molar-refractivity contribution in [2.75, 3.05) is 0 Å². The summed E-state index contributed by atoms with van der Waals surface area (Å²) in [4.78, 5) is 17.8. The molecule has 0 aliphatic heterocycles. The van der Waals surface area contributed by atoms with Crippen molar-refractivity contribution in [2.24, 2.45) is 5.73 Å². The van der Waals surface area contributed by atoms with Gasteiger partial charge in [-0.15, -0.1) is 0 Å². The molecule has 0 saturated carbocycles. The molecule has 5 nitrogen and oxygen atoms in total. The number of aromatic nitrogens is 2. The minimum absolute atomic E-state index is 0.170. The number of rotatable bonds is 4. The molecule has 0 saturated heterocycles. The number of carbonyl (C=O) groups is 1. The maximum atomic E-state index is 10.6. The molecule has 1 aromatic heterocycles. The summed E-state index contributed by atoms with van der Waals surface area (Å²) in [5, 5.41) is 9.38. The van der Waals surface area contributed by atoms with Crippen LogP contribution in [0.4, 0.5) is 0 Å². The van der Waals surface area contributed by atoms with Gasteiger partial charge in [0, 0.05) is 11.4 Å². The smallest absolute Gasteiger partial charge is 0.320 e. The molecule has 1 atom stereocenters. The van der Waals surface area contributed by atoms with Crippen LogP contribution in [0.25, 0.3) is 11.3 Å². The second-order valence-corrected chi connectivity index (χ2v) is 4.34. The van der Waals surface area contributed by atoms with Gasteiger partial charge in [0.15, 0.2) is 0 Å². The van der Waals surface area contributed by atoms with E-state index in [1.54, 1.807) is 18.3 Å². The minimum atomic E-state index is -1.04. The van der Waals surface area contributed by atoms with E-state index in [1.807, 2.05) is 12.1 Å². The van der Waals surface area contributed by atoms with E-state index in [0.29, 0.717) is 10.8 Å². The Hall–Kier alpha value is -1.85. The number of nitrogens with one attached hydrogen (secondary N) is 1. The van der Waals surface area contributed by atoms with Gasteiger partial charge in [-0.1, -0.05) is 23.7 Å². The Morgan fingerprint density at radius 1 is 1.44 bits per heavy atom. The van der Waals surface area contributed by atoms with E-state index in [0.717, 1.165) is 11.3 Å². The van der Waals surface area contributed by atoms with Crippen LogP contribution in [0.3, 0.4) is 0 Å². The van der Waals surface area contributed by atoms with Gasteiger partial charge in [0.25, 0.3) is 0 Å². The van der Waals surface area contributed by atoms with E-state index in [9.17, 15) is 4.79 Å². The van der Waals surface area contributed by atoms with E-state index in [2.05, 4.69) is 9.97 Å². The van der Waals surface area contributed by atoms with Crippen LogP contribution in [0.1, 0.15) is 5.82 Å². The van der Waals surface area contributed by atoms with Crippen LogP contribution in [0.15, 0.2) is 30.5 Å². The van der Waals surface area contributed by atoms with Crippen LogP contribution in [0.5, 0.6) is 0 Å². The molecule has 1 unspecified atom stereocenters. The lowest BCUT2D eigenvalue weighted by Gasteiger charge is -2.02. The quantitative estimate of drug-likeness (QED) is 0.784. The normalized spacial score (nSPS) is 12.3. The molecule has 1 aromatic carbocycles. The van der Waals surface area contributed by atoms with Gasteiger partial charge in [-0.25, -0.2) is 4.98 Å². The molecule has 0 aliphatic carbocycles. The fourth-order valence-corrected chi connectivity index (χ4v) is 1.66. The Bertz CT molecular complexity index is 551. The number of hydrogen-bond acceptors (Lipinski definition) is 3. The second kappa shape index (κ2) is 5.20. The molecule has 0 aliphatic rings. The predicted octanol–water partition coefficient (Wildman–Crippen LogP) is 1.68. The summed E-state index contributed by atoms with van der Waals surface area (Å²) < 4.78 is 0. The molecule has 4 N–H and O–H groups in total. The molecule has 2 rings (SSSR count). The van der Waals surface area contributed by atoms with Crippen LogP contribution in [-0.4, -0.2) is 27.1 Å². The minimum Gasteiger partial charge on any atom is -0.480 e. The number of aliphatic carboxylic acids is 1. The highest BCUT2D eigenvalue weighted by Gasteiger charge is 2.14. The lowest BCUT2D eigenvalue weighted by molar-refractivity contribution is -0.138. The van der Waals surface area contributed by atoms with E-state index in [4.69, 9.17) is 22.4 Å². The van der Waals surface area contributed by atoms with Crippen molar-refractivity contribution in [1.82, 2.24) is 9.97 Å². The monoisotopic (exact) mass is 265 g/mol. The fourth-order valence-electron chi connectivity index (χ4n) is 1.54. The van der Waals surface area contributed by atoms with E-state index >= 15 is 0 Å². The maximum absolute atomic E-state index is 10.6. The summed E-state index contributed by atoms with van der Waals surface area (Å²) in [6, 6.07) is 6.32. The molecule has 18 heavy (non-hydrogen) atoms. The summed E-state index contributed by atoms with van der Waals surface area (Å²) >= 11 is 5.80. The first-order chi connectivity index (χ1) is 8.56. The van der Waals surface area contributed by atoms with Gasteiger partial charge in [0.05, 0.1) is 11.9 Å². The summed E-state index contributed by atoms with van der Waals surface area (Å²) in [7, 11) is 0. The Balaban J connectivity index is 2.15. The molecule has 0 radical (unpaired) electrons. The summed E-state index contributed by atoms with van der Waals surface area (Å²) in [5.41, 5.74) is 7.18. The zero-order chi connectivity index (χ0) is 13.1. The third kappa shape index (κ3) is 2.88. The standard InChI is InChI=1S/C12H12ClN3O2/c13-8-3-1-7(2-4-8)10-6-15-11(16-10)5-9(14)12(17)18/h1-4,6,9H,5,14H2,(H,15,16)(H,17,18). The molecule has 2 aromatic rings. The van der Waals surface area contributed by atoms with Crippen LogP contribution in [0, 0.1) is 0 Å². The number of carboxylic acid groups (broad SMARTS) is 1. The summed E-state index contributed by atoms with van der Waals surface area (Å²) in [5.74, 6) is -0.491. The van der Waals surface area contributed by atoms with Gasteiger partial charge in [-0.3, -0.25) is 4.79 Å². The number of H-pyrrole nitrogens is 1. The number of benzene rings is 1. The van der Waals surface area contributed by atoms with Crippen LogP contribution in [0.2, 0.25) is 5.02 Å². The Morgan fingerprint density at radius 3 is 2.72 bits per heavy atom. The fraction of sp³-hybridized carbons (Fsp3) is 0.167. The first kappa shape index (κ1) is 12.6. The van der Waals surface area contributed by atoms with Crippen molar-refractivity contribution in [3.05, 3.63) is 41.3 Å². The highest BCUT2D eigenvalue weighted by molar-refractivity contribution is 6.30. The highest BCUT2D eigenvalue weighted by atomic mass is 35.5. The first-order valence-electron chi connectivity index (χ1n) is 5.34. The third-order valence-corrected chi connectivity index (χ3v) is 2.77. The molecule has 94 valence electrons. The van der Waals surface area contributed by atoms with E-state index in [-0.39, 0.29) is 6.42 Å². The van der Waals surface area contributed by atoms with Crippen molar-refractivity contribution in [1.29, 1.82) is 0 Å². The molecule has 1 heterocycles. The van der Waals surface area contributed by atoms with E-state index < -0.39 is 12.0 Å². The topological polar surface area (TPSA) is 92.0 Å². The van der Waals surface area contributed by atoms with Crippen molar-refractivity contribution in [3.8, 4) is 11.3 Å². The average molecular weight is 266 g/mol. The average Bonchev–Trinajstić information content (AvgIpc) is 2.78. The maximum Gasteiger partial charge on any atom is 0.320 e. The number of hydrogen-bond donors (Lipinski definition) is 3. The van der Waals surface area contributed by atoms with Crippen molar-refractivity contribution in [2.45, 2.75) is 12.5 Å². The van der Waals surface area contributed by atoms with Gasteiger partial charge >= 0.3 is 5.97 Å². The van der Waals surface area contributed by atoms with Gasteiger partial charge in [-0.05, 0) is 17.7 Å². The number of carboxylic acids is 1. The van der Waals surface area contributed by atoms with Gasteiger partial charge in [0.2, 0.25) is 0 Å². The first-order valence-corrected chi connectivity index (χ1v) is 5.72. The second-order valence-electron chi connectivity index (χ2n) is 3.90. The van der Waals surface area contributed by atoms with Crippen molar-refractivity contribution in [3.63, 3.8) is 0 Å². The summed E-state index contributed by atoms with van der Waals surface area (Å²) in [6.45, 7) is 0. The van der Waals surface area contributed by atoms with Gasteiger partial charge in [0.1, 0.15) is 11.9 Å². The lowest BCUT2D eigenvalue weighted by Crippen LogP contribution is -2.32. The number of nitrogens with zero attached hydrogens (tertiary/aromatic N) is 1. The number of imidazole rings is 1. The molecule has 0 bridgehead atoms. The van der Waals surface area contributed by atoms with Crippen molar-refractivity contribution < 1.29 is 9.90 Å². The van der Waals surface area contributed by atoms with Crippen LogP contribution >= 0.6 is 11.6 Å². The van der Waals surface area contributed by atoms with E-state index in [1.165, 1.54) is 0 Å². The molecule has 6 heteroatoms. The number of aromatic amines is 1. The molecular weight excluding hydrogens is 254 g/mol. The molecule has 0 fully saturated rings. The van der Waals surface area contributed by atoms with Gasteiger partial charge < -0.3 is 15.8 Å². The van der Waals surface area contributed by atoms with Crippen LogP contribution < -0.4 is 5.73 Å². The predicted molar refractivity (Wildman–Crippen MR) is 68.3 cm³/mol. The molecule has 0 spiro atoms. The Kier molecular flexibility index (Phi) is 3.64. The van der Waals surface area contributed by atoms with Crippen LogP contribution in [-0.2, 0) is 11.2 Å². The number of nitrogens with two attached hydrogens (primary N) is 1. The van der Waals surface area contributed by atoms with Gasteiger partial charge in [-0.2, -0.15) is 0 Å². The largest absolute Gasteiger partial charge is 0.480 e. The zero-order valence-electron chi connectivity index (χ0n) is 9.43. The Labute approximate surface area is 109 Å².